The lowest BCUT2D eigenvalue weighted by Gasteiger charge is -2.07. The van der Waals surface area contributed by atoms with E-state index < -0.39 is 0 Å². The molecule has 2 N–H and O–H groups in total. The van der Waals surface area contributed by atoms with Crippen LogP contribution in [0, 0.1) is 5.82 Å². The highest BCUT2D eigenvalue weighted by atomic mass is 19.1. The monoisotopic (exact) mass is 217 g/mol. The van der Waals surface area contributed by atoms with Crippen molar-refractivity contribution in [2.24, 2.45) is 0 Å². The van der Waals surface area contributed by atoms with Crippen LogP contribution in [-0.2, 0) is 0 Å². The smallest absolute Gasteiger partial charge is 0.141 e. The van der Waals surface area contributed by atoms with E-state index in [1.165, 1.54) is 12.1 Å². The molecular formula is C13H12FNO. The number of ether oxygens (including phenoxy) is 1. The zero-order valence-electron chi connectivity index (χ0n) is 8.91. The topological polar surface area (TPSA) is 35.2 Å². The van der Waals surface area contributed by atoms with Crippen molar-refractivity contribution < 1.29 is 9.13 Å². The Labute approximate surface area is 93.5 Å². The van der Waals surface area contributed by atoms with Crippen molar-refractivity contribution >= 4 is 5.69 Å². The first-order valence-electron chi connectivity index (χ1n) is 4.90. The normalized spacial score (nSPS) is 10.1. The summed E-state index contributed by atoms with van der Waals surface area (Å²) in [6.07, 6.45) is 0. The number of hydrogen-bond donors (Lipinski definition) is 1. The Morgan fingerprint density at radius 2 is 1.62 bits per heavy atom. The standard InChI is InChI=1S/C13H12FNO/c1-16-13-7-4-10(8-12(13)15)9-2-5-11(14)6-3-9/h2-8H,15H2,1H3. The maximum Gasteiger partial charge on any atom is 0.141 e. The zero-order chi connectivity index (χ0) is 11.5. The molecule has 0 aliphatic rings. The van der Waals surface area contributed by atoms with Gasteiger partial charge in [-0.05, 0) is 35.4 Å². The molecule has 82 valence electrons. The molecule has 2 rings (SSSR count). The molecule has 0 heterocycles. The van der Waals surface area contributed by atoms with Gasteiger partial charge < -0.3 is 10.5 Å². The Morgan fingerprint density at radius 3 is 2.19 bits per heavy atom. The van der Waals surface area contributed by atoms with Crippen molar-refractivity contribution in [3.8, 4) is 16.9 Å². The van der Waals surface area contributed by atoms with E-state index in [2.05, 4.69) is 0 Å². The molecule has 16 heavy (non-hydrogen) atoms. The van der Waals surface area contributed by atoms with Crippen LogP contribution in [0.1, 0.15) is 0 Å². The summed E-state index contributed by atoms with van der Waals surface area (Å²) in [4.78, 5) is 0. The molecule has 0 aromatic heterocycles. The molecular weight excluding hydrogens is 205 g/mol. The summed E-state index contributed by atoms with van der Waals surface area (Å²) in [7, 11) is 1.57. The van der Waals surface area contributed by atoms with E-state index in [9.17, 15) is 4.39 Å². The molecule has 0 radical (unpaired) electrons. The van der Waals surface area contributed by atoms with Gasteiger partial charge in [-0.15, -0.1) is 0 Å². The Kier molecular flexibility index (Phi) is 2.77. The second kappa shape index (κ2) is 4.23. The average Bonchev–Trinajstić information content (AvgIpc) is 2.30. The predicted octanol–water partition coefficient (Wildman–Crippen LogP) is 3.08. The van der Waals surface area contributed by atoms with Gasteiger partial charge in [0.1, 0.15) is 11.6 Å². The van der Waals surface area contributed by atoms with Gasteiger partial charge in [-0.2, -0.15) is 0 Å². The molecule has 2 aromatic carbocycles. The summed E-state index contributed by atoms with van der Waals surface area (Å²) in [6.45, 7) is 0. The molecule has 3 heteroatoms. The van der Waals surface area contributed by atoms with E-state index >= 15 is 0 Å². The largest absolute Gasteiger partial charge is 0.495 e. The average molecular weight is 217 g/mol. The van der Waals surface area contributed by atoms with Gasteiger partial charge in [0.05, 0.1) is 12.8 Å². The molecule has 0 aliphatic carbocycles. The summed E-state index contributed by atoms with van der Waals surface area (Å²) in [5, 5.41) is 0. The summed E-state index contributed by atoms with van der Waals surface area (Å²) >= 11 is 0. The molecule has 0 aliphatic heterocycles. The highest BCUT2D eigenvalue weighted by molar-refractivity contribution is 5.70. The molecule has 0 spiro atoms. The van der Waals surface area contributed by atoms with Crippen LogP contribution in [0.2, 0.25) is 0 Å². The summed E-state index contributed by atoms with van der Waals surface area (Å²) in [5.41, 5.74) is 8.24. The molecule has 2 nitrogen and oxygen atoms in total. The SMILES string of the molecule is COc1ccc(-c2ccc(F)cc2)cc1N. The number of benzene rings is 2. The molecule has 0 unspecified atom stereocenters. The Balaban J connectivity index is 2.41. The van der Waals surface area contributed by atoms with Crippen LogP contribution < -0.4 is 10.5 Å². The summed E-state index contributed by atoms with van der Waals surface area (Å²) < 4.78 is 17.8. The lowest BCUT2D eigenvalue weighted by atomic mass is 10.0. The van der Waals surface area contributed by atoms with Crippen LogP contribution >= 0.6 is 0 Å². The predicted molar refractivity (Wildman–Crippen MR) is 62.8 cm³/mol. The van der Waals surface area contributed by atoms with E-state index in [0.717, 1.165) is 11.1 Å². The first-order valence-corrected chi connectivity index (χ1v) is 4.90. The molecule has 0 bridgehead atoms. The van der Waals surface area contributed by atoms with Gasteiger partial charge in [0.2, 0.25) is 0 Å². The molecule has 2 aromatic rings. The van der Waals surface area contributed by atoms with Crippen molar-refractivity contribution in [2.45, 2.75) is 0 Å². The fourth-order valence-corrected chi connectivity index (χ4v) is 1.56. The van der Waals surface area contributed by atoms with E-state index in [1.807, 2.05) is 12.1 Å². The van der Waals surface area contributed by atoms with E-state index in [-0.39, 0.29) is 5.82 Å². The first-order chi connectivity index (χ1) is 7.70. The molecule has 0 amide bonds. The van der Waals surface area contributed by atoms with Crippen molar-refractivity contribution in [1.29, 1.82) is 0 Å². The molecule has 0 saturated carbocycles. The molecule has 0 atom stereocenters. The number of nitrogens with two attached hydrogens (primary N) is 1. The van der Waals surface area contributed by atoms with Crippen LogP contribution in [0.25, 0.3) is 11.1 Å². The third-order valence-corrected chi connectivity index (χ3v) is 2.41. The number of nitrogen functional groups attached to an aromatic ring is 1. The van der Waals surface area contributed by atoms with Crippen molar-refractivity contribution in [2.75, 3.05) is 12.8 Å². The second-order valence-electron chi connectivity index (χ2n) is 3.46. The van der Waals surface area contributed by atoms with Crippen LogP contribution in [0.3, 0.4) is 0 Å². The summed E-state index contributed by atoms with van der Waals surface area (Å²) in [6, 6.07) is 11.8. The quantitative estimate of drug-likeness (QED) is 0.784. The number of methoxy groups -OCH3 is 1. The van der Waals surface area contributed by atoms with Gasteiger partial charge in [-0.3, -0.25) is 0 Å². The van der Waals surface area contributed by atoms with Crippen LogP contribution in [0.4, 0.5) is 10.1 Å². The number of hydrogen-bond acceptors (Lipinski definition) is 2. The van der Waals surface area contributed by atoms with Gasteiger partial charge in [-0.1, -0.05) is 18.2 Å². The van der Waals surface area contributed by atoms with Crippen molar-refractivity contribution in [3.63, 3.8) is 0 Å². The van der Waals surface area contributed by atoms with Gasteiger partial charge in [0.15, 0.2) is 0 Å². The fraction of sp³-hybridized carbons (Fsp3) is 0.0769. The zero-order valence-corrected chi connectivity index (χ0v) is 8.91. The first kappa shape index (κ1) is 10.5. The highest BCUT2D eigenvalue weighted by Crippen LogP contribution is 2.28. The van der Waals surface area contributed by atoms with E-state index in [1.54, 1.807) is 25.3 Å². The van der Waals surface area contributed by atoms with Gasteiger partial charge in [-0.25, -0.2) is 4.39 Å². The minimum absolute atomic E-state index is 0.245. The lowest BCUT2D eigenvalue weighted by Crippen LogP contribution is -1.92. The van der Waals surface area contributed by atoms with Crippen LogP contribution in [-0.4, -0.2) is 7.11 Å². The fourth-order valence-electron chi connectivity index (χ4n) is 1.56. The third kappa shape index (κ3) is 1.98. The highest BCUT2D eigenvalue weighted by Gasteiger charge is 2.02. The van der Waals surface area contributed by atoms with Crippen LogP contribution in [0.5, 0.6) is 5.75 Å². The second-order valence-corrected chi connectivity index (χ2v) is 3.46. The Morgan fingerprint density at radius 1 is 1.00 bits per heavy atom. The molecule has 0 fully saturated rings. The number of rotatable bonds is 2. The number of halogens is 1. The Bertz CT molecular complexity index is 494. The van der Waals surface area contributed by atoms with Crippen LogP contribution in [0.15, 0.2) is 42.5 Å². The third-order valence-electron chi connectivity index (χ3n) is 2.41. The van der Waals surface area contributed by atoms with Crippen molar-refractivity contribution in [1.82, 2.24) is 0 Å². The van der Waals surface area contributed by atoms with Crippen molar-refractivity contribution in [3.05, 3.63) is 48.3 Å². The van der Waals surface area contributed by atoms with Gasteiger partial charge >= 0.3 is 0 Å². The van der Waals surface area contributed by atoms with E-state index in [0.29, 0.717) is 11.4 Å². The maximum atomic E-state index is 12.8. The minimum Gasteiger partial charge on any atom is -0.495 e. The molecule has 0 saturated heterocycles. The van der Waals surface area contributed by atoms with Gasteiger partial charge in [0, 0.05) is 0 Å². The minimum atomic E-state index is -0.245. The van der Waals surface area contributed by atoms with Gasteiger partial charge in [0.25, 0.3) is 0 Å². The Hall–Kier alpha value is -2.03. The van der Waals surface area contributed by atoms with E-state index in [4.69, 9.17) is 10.5 Å². The maximum absolute atomic E-state index is 12.8. The number of anilines is 1. The lowest BCUT2D eigenvalue weighted by molar-refractivity contribution is 0.417. The summed E-state index contributed by atoms with van der Waals surface area (Å²) in [5.74, 6) is 0.399.